The SMILES string of the molecule is COC(=O)C1CC[C@H]2[C@@H]3CC[C@H]4NC(=O)C(F)C[C@]4(C)C3CC[C@]12C. The molecule has 0 aromatic carbocycles. The molecule has 3 unspecified atom stereocenters. The summed E-state index contributed by atoms with van der Waals surface area (Å²) in [6.07, 6.45) is 5.02. The van der Waals surface area contributed by atoms with E-state index in [9.17, 15) is 14.0 Å². The second kappa shape index (κ2) is 5.68. The Bertz CT molecular complexity index is 595. The maximum absolute atomic E-state index is 14.2. The predicted molar refractivity (Wildman–Crippen MR) is 91.3 cm³/mol. The number of piperidine rings is 1. The van der Waals surface area contributed by atoms with Crippen LogP contribution in [-0.2, 0) is 14.3 Å². The Labute approximate surface area is 149 Å². The maximum atomic E-state index is 14.2. The molecule has 4 fully saturated rings. The summed E-state index contributed by atoms with van der Waals surface area (Å²) in [5, 5.41) is 2.96. The first-order valence-corrected chi connectivity index (χ1v) is 9.83. The molecule has 1 saturated heterocycles. The van der Waals surface area contributed by atoms with Crippen molar-refractivity contribution in [1.82, 2.24) is 5.32 Å². The van der Waals surface area contributed by atoms with Gasteiger partial charge in [0.15, 0.2) is 6.17 Å². The molecule has 4 nitrogen and oxygen atoms in total. The second-order valence-electron chi connectivity index (χ2n) is 9.39. The molecule has 4 aliphatic rings. The molecule has 0 bridgehead atoms. The zero-order valence-electron chi connectivity index (χ0n) is 15.5. The van der Waals surface area contributed by atoms with Crippen molar-refractivity contribution in [2.45, 2.75) is 71.0 Å². The van der Waals surface area contributed by atoms with E-state index >= 15 is 0 Å². The van der Waals surface area contributed by atoms with Crippen molar-refractivity contribution in [3.8, 4) is 0 Å². The summed E-state index contributed by atoms with van der Waals surface area (Å²) in [5.41, 5.74) is -0.134. The molecular weight excluding hydrogens is 321 g/mol. The predicted octanol–water partition coefficient (Wildman–Crippen LogP) is 3.24. The summed E-state index contributed by atoms with van der Waals surface area (Å²) in [4.78, 5) is 24.1. The Kier molecular flexibility index (Phi) is 3.93. The topological polar surface area (TPSA) is 55.4 Å². The number of rotatable bonds is 1. The van der Waals surface area contributed by atoms with Crippen molar-refractivity contribution >= 4 is 11.9 Å². The van der Waals surface area contributed by atoms with Gasteiger partial charge in [-0.15, -0.1) is 0 Å². The van der Waals surface area contributed by atoms with Crippen molar-refractivity contribution in [2.75, 3.05) is 7.11 Å². The fourth-order valence-electron chi connectivity index (χ4n) is 7.26. The standard InChI is InChI=1S/C20H30FNO3/c1-19-9-8-13-11(12(19)5-6-14(19)18(24)25-3)4-7-16-20(13,2)10-15(21)17(23)22-16/h11-16H,4-10H2,1-3H3,(H,22,23)/t11-,12-,13?,14?,15?,16+,19-,20+/m0/s1. The fraction of sp³-hybridized carbons (Fsp3) is 0.900. The highest BCUT2D eigenvalue weighted by molar-refractivity contribution is 5.82. The summed E-state index contributed by atoms with van der Waals surface area (Å²) < 4.78 is 19.3. The number of ether oxygens (including phenoxy) is 1. The van der Waals surface area contributed by atoms with Gasteiger partial charge in [-0.1, -0.05) is 13.8 Å². The fourth-order valence-corrected chi connectivity index (χ4v) is 7.26. The van der Waals surface area contributed by atoms with Crippen LogP contribution in [0.1, 0.15) is 58.8 Å². The van der Waals surface area contributed by atoms with Gasteiger partial charge < -0.3 is 10.1 Å². The van der Waals surface area contributed by atoms with Crippen molar-refractivity contribution in [3.05, 3.63) is 0 Å². The normalized spacial score (nSPS) is 51.8. The number of fused-ring (bicyclic) bond motifs is 5. The number of methoxy groups -OCH3 is 1. The van der Waals surface area contributed by atoms with Gasteiger partial charge in [-0.3, -0.25) is 9.59 Å². The number of carbonyl (C=O) groups is 2. The van der Waals surface area contributed by atoms with E-state index < -0.39 is 12.1 Å². The molecule has 1 amide bonds. The minimum absolute atomic E-state index is 0.00830. The number of esters is 1. The summed E-state index contributed by atoms with van der Waals surface area (Å²) in [6, 6.07) is 0.107. The van der Waals surface area contributed by atoms with Gasteiger partial charge in [-0.2, -0.15) is 0 Å². The molecule has 0 aromatic heterocycles. The van der Waals surface area contributed by atoms with E-state index in [1.165, 1.54) is 7.11 Å². The van der Waals surface area contributed by atoms with Crippen LogP contribution in [0, 0.1) is 34.5 Å². The molecule has 1 aliphatic heterocycles. The highest BCUT2D eigenvalue weighted by Gasteiger charge is 2.62. The average molecular weight is 351 g/mol. The van der Waals surface area contributed by atoms with E-state index in [2.05, 4.69) is 19.2 Å². The lowest BCUT2D eigenvalue weighted by atomic mass is 9.47. The molecule has 0 aromatic rings. The van der Waals surface area contributed by atoms with Crippen molar-refractivity contribution in [2.24, 2.45) is 34.5 Å². The molecule has 0 spiro atoms. The van der Waals surface area contributed by atoms with Gasteiger partial charge in [-0.25, -0.2) is 4.39 Å². The molecule has 0 radical (unpaired) electrons. The molecule has 140 valence electrons. The summed E-state index contributed by atoms with van der Waals surface area (Å²) in [6.45, 7) is 4.47. The molecule has 1 N–H and O–H groups in total. The average Bonchev–Trinajstić information content (AvgIpc) is 2.93. The van der Waals surface area contributed by atoms with Crippen LogP contribution in [0.2, 0.25) is 0 Å². The minimum atomic E-state index is -1.38. The summed E-state index contributed by atoms with van der Waals surface area (Å²) in [5.74, 6) is 1.03. The largest absolute Gasteiger partial charge is 0.469 e. The van der Waals surface area contributed by atoms with Gasteiger partial charge in [-0.05, 0) is 73.5 Å². The number of hydrogen-bond acceptors (Lipinski definition) is 3. The van der Waals surface area contributed by atoms with Crippen molar-refractivity contribution < 1.29 is 18.7 Å². The van der Waals surface area contributed by atoms with Gasteiger partial charge >= 0.3 is 5.97 Å². The molecule has 3 saturated carbocycles. The molecular formula is C20H30FNO3. The van der Waals surface area contributed by atoms with E-state index in [-0.39, 0.29) is 28.8 Å². The Hall–Kier alpha value is -1.13. The summed E-state index contributed by atoms with van der Waals surface area (Å²) in [7, 11) is 1.49. The lowest BCUT2D eigenvalue weighted by molar-refractivity contribution is -0.157. The number of alkyl halides is 1. The Morgan fingerprint density at radius 1 is 1.12 bits per heavy atom. The van der Waals surface area contributed by atoms with Crippen LogP contribution in [0.5, 0.6) is 0 Å². The third-order valence-corrected chi connectivity index (χ3v) is 8.57. The van der Waals surface area contributed by atoms with Crippen molar-refractivity contribution in [3.63, 3.8) is 0 Å². The van der Waals surface area contributed by atoms with E-state index in [1.54, 1.807) is 0 Å². The molecule has 3 aliphatic carbocycles. The lowest BCUT2D eigenvalue weighted by Crippen LogP contribution is -2.63. The zero-order chi connectivity index (χ0) is 18.0. The lowest BCUT2D eigenvalue weighted by Gasteiger charge is -2.60. The monoisotopic (exact) mass is 351 g/mol. The van der Waals surface area contributed by atoms with Crippen LogP contribution in [0.25, 0.3) is 0 Å². The second-order valence-corrected chi connectivity index (χ2v) is 9.39. The molecule has 4 rings (SSSR count). The van der Waals surface area contributed by atoms with Crippen molar-refractivity contribution in [1.29, 1.82) is 0 Å². The van der Waals surface area contributed by atoms with Crippen LogP contribution in [-0.4, -0.2) is 31.2 Å². The third-order valence-electron chi connectivity index (χ3n) is 8.57. The van der Waals surface area contributed by atoms with Crippen LogP contribution < -0.4 is 5.32 Å². The van der Waals surface area contributed by atoms with Crippen LogP contribution in [0.3, 0.4) is 0 Å². The Balaban J connectivity index is 1.62. The van der Waals surface area contributed by atoms with Gasteiger partial charge in [0.2, 0.25) is 0 Å². The van der Waals surface area contributed by atoms with Gasteiger partial charge in [0.1, 0.15) is 0 Å². The smallest absolute Gasteiger partial charge is 0.309 e. The van der Waals surface area contributed by atoms with E-state index in [0.29, 0.717) is 24.2 Å². The summed E-state index contributed by atoms with van der Waals surface area (Å²) >= 11 is 0. The highest BCUT2D eigenvalue weighted by Crippen LogP contribution is 2.65. The number of amides is 1. The minimum Gasteiger partial charge on any atom is -0.469 e. The number of nitrogens with one attached hydrogen (secondary N) is 1. The van der Waals surface area contributed by atoms with E-state index in [1.807, 2.05) is 0 Å². The Morgan fingerprint density at radius 3 is 2.56 bits per heavy atom. The van der Waals surface area contributed by atoms with Gasteiger partial charge in [0.05, 0.1) is 13.0 Å². The first-order chi connectivity index (χ1) is 11.8. The number of halogens is 1. The Morgan fingerprint density at radius 2 is 1.84 bits per heavy atom. The quantitative estimate of drug-likeness (QED) is 0.738. The maximum Gasteiger partial charge on any atom is 0.309 e. The van der Waals surface area contributed by atoms with E-state index in [4.69, 9.17) is 4.74 Å². The van der Waals surface area contributed by atoms with Gasteiger partial charge in [0, 0.05) is 6.04 Å². The third kappa shape index (κ3) is 2.30. The molecule has 8 atom stereocenters. The first-order valence-electron chi connectivity index (χ1n) is 9.83. The number of carbonyl (C=O) groups excluding carboxylic acids is 2. The highest BCUT2D eigenvalue weighted by atomic mass is 19.1. The molecule has 5 heteroatoms. The molecule has 25 heavy (non-hydrogen) atoms. The van der Waals surface area contributed by atoms with Gasteiger partial charge in [0.25, 0.3) is 5.91 Å². The number of hydrogen-bond donors (Lipinski definition) is 1. The van der Waals surface area contributed by atoms with Crippen LogP contribution in [0.4, 0.5) is 4.39 Å². The molecule has 1 heterocycles. The van der Waals surface area contributed by atoms with Crippen LogP contribution >= 0.6 is 0 Å². The zero-order valence-corrected chi connectivity index (χ0v) is 15.5. The van der Waals surface area contributed by atoms with E-state index in [0.717, 1.165) is 38.5 Å². The first kappa shape index (κ1) is 17.3. The van der Waals surface area contributed by atoms with Crippen LogP contribution in [0.15, 0.2) is 0 Å².